The van der Waals surface area contributed by atoms with Crippen LogP contribution >= 0.6 is 0 Å². The number of hydrogen-bond donors (Lipinski definition) is 2. The van der Waals surface area contributed by atoms with Crippen molar-refractivity contribution < 1.29 is 27.9 Å². The number of amides is 1. The van der Waals surface area contributed by atoms with E-state index in [0.29, 0.717) is 13.2 Å². The van der Waals surface area contributed by atoms with Gasteiger partial charge in [-0.3, -0.25) is 4.79 Å². The van der Waals surface area contributed by atoms with Crippen LogP contribution in [0.1, 0.15) is 31.8 Å². The topological polar surface area (TPSA) is 110 Å². The van der Waals surface area contributed by atoms with E-state index in [1.807, 2.05) is 47.2 Å². The van der Waals surface area contributed by atoms with Crippen molar-refractivity contribution in [2.75, 3.05) is 0 Å². The van der Waals surface area contributed by atoms with Gasteiger partial charge in [0.05, 0.1) is 18.8 Å². The number of carboxylic acid groups (broad SMARTS) is 1. The Bertz CT molecular complexity index is 1460. The summed E-state index contributed by atoms with van der Waals surface area (Å²) in [6, 6.07) is 29.6. The number of sulfonamides is 1. The third-order valence-electron chi connectivity index (χ3n) is 5.45. The monoisotopic (exact) mass is 501 g/mol. The minimum absolute atomic E-state index is 0.117. The van der Waals surface area contributed by atoms with Gasteiger partial charge in [0.1, 0.15) is 4.90 Å². The van der Waals surface area contributed by atoms with Crippen LogP contribution in [0.3, 0.4) is 0 Å². The van der Waals surface area contributed by atoms with Crippen molar-refractivity contribution in [3.8, 4) is 11.1 Å². The largest absolute Gasteiger partial charge is 0.478 e. The first-order valence-corrected chi connectivity index (χ1v) is 12.5. The van der Waals surface area contributed by atoms with Crippen molar-refractivity contribution in [3.63, 3.8) is 0 Å². The number of nitrogens with one attached hydrogen (secondary N) is 1. The maximum absolute atomic E-state index is 12.6. The standard InChI is InChI=1S/C28H23NO6S/c30-27(29-36(33,34)26-9-5-4-8-25(26)28(31)32)24-16-12-21(13-17-24)19-35-18-20-10-14-23(15-11-20)22-6-2-1-3-7-22/h1-17H,18-19H2,(H,29,30)(H,31,32). The summed E-state index contributed by atoms with van der Waals surface area (Å²) in [6.07, 6.45) is 0. The third kappa shape index (κ3) is 6.04. The highest BCUT2D eigenvalue weighted by Gasteiger charge is 2.24. The van der Waals surface area contributed by atoms with Gasteiger partial charge in [0.2, 0.25) is 0 Å². The number of carbonyl (C=O) groups excluding carboxylic acids is 1. The van der Waals surface area contributed by atoms with E-state index in [1.165, 1.54) is 24.3 Å². The Labute approximate surface area is 209 Å². The van der Waals surface area contributed by atoms with Gasteiger partial charge in [0, 0.05) is 5.56 Å². The smallest absolute Gasteiger partial charge is 0.337 e. The Kier molecular flexibility index (Phi) is 7.58. The number of carboxylic acids is 1. The highest BCUT2D eigenvalue weighted by molar-refractivity contribution is 7.90. The summed E-state index contributed by atoms with van der Waals surface area (Å²) in [5, 5.41) is 9.22. The Morgan fingerprint density at radius 3 is 1.83 bits per heavy atom. The number of aromatic carboxylic acids is 1. The molecule has 0 spiro atoms. The lowest BCUT2D eigenvalue weighted by Crippen LogP contribution is -2.31. The Morgan fingerprint density at radius 2 is 1.22 bits per heavy atom. The summed E-state index contributed by atoms with van der Waals surface area (Å²) >= 11 is 0. The molecule has 0 fully saturated rings. The molecule has 0 aromatic heterocycles. The maximum Gasteiger partial charge on any atom is 0.337 e. The summed E-state index contributed by atoms with van der Waals surface area (Å²) in [6.45, 7) is 0.727. The molecule has 0 bridgehead atoms. The van der Waals surface area contributed by atoms with Crippen molar-refractivity contribution in [2.45, 2.75) is 18.1 Å². The molecule has 0 aliphatic heterocycles. The van der Waals surface area contributed by atoms with Gasteiger partial charge in [0.15, 0.2) is 0 Å². The highest BCUT2D eigenvalue weighted by atomic mass is 32.2. The minimum Gasteiger partial charge on any atom is -0.478 e. The molecule has 4 aromatic carbocycles. The molecule has 0 aliphatic rings. The summed E-state index contributed by atoms with van der Waals surface area (Å²) in [5.41, 5.74) is 3.81. The van der Waals surface area contributed by atoms with Gasteiger partial charge in [-0.2, -0.15) is 0 Å². The van der Waals surface area contributed by atoms with Crippen LogP contribution in [-0.4, -0.2) is 25.4 Å². The first-order valence-electron chi connectivity index (χ1n) is 11.0. The van der Waals surface area contributed by atoms with Gasteiger partial charge in [-0.1, -0.05) is 78.9 Å². The lowest BCUT2D eigenvalue weighted by Gasteiger charge is -2.10. The van der Waals surface area contributed by atoms with Gasteiger partial charge in [0.25, 0.3) is 15.9 Å². The second-order valence-corrected chi connectivity index (χ2v) is 9.64. The Balaban J connectivity index is 1.33. The number of ether oxygens (including phenoxy) is 1. The fourth-order valence-corrected chi connectivity index (χ4v) is 4.75. The van der Waals surface area contributed by atoms with E-state index in [1.54, 1.807) is 12.1 Å². The molecule has 36 heavy (non-hydrogen) atoms. The van der Waals surface area contributed by atoms with E-state index in [-0.39, 0.29) is 5.56 Å². The van der Waals surface area contributed by atoms with Gasteiger partial charge in [-0.15, -0.1) is 0 Å². The highest BCUT2D eigenvalue weighted by Crippen LogP contribution is 2.20. The van der Waals surface area contributed by atoms with Crippen molar-refractivity contribution in [3.05, 3.63) is 125 Å². The second kappa shape index (κ2) is 11.0. The molecule has 0 aliphatic carbocycles. The van der Waals surface area contributed by atoms with Crippen LogP contribution in [0.2, 0.25) is 0 Å². The van der Waals surface area contributed by atoms with E-state index in [9.17, 15) is 23.1 Å². The van der Waals surface area contributed by atoms with Crippen molar-refractivity contribution >= 4 is 21.9 Å². The molecule has 182 valence electrons. The van der Waals surface area contributed by atoms with E-state index < -0.39 is 32.4 Å². The lowest BCUT2D eigenvalue weighted by molar-refractivity contribution is 0.0692. The van der Waals surface area contributed by atoms with Crippen LogP contribution in [0, 0.1) is 0 Å². The van der Waals surface area contributed by atoms with Gasteiger partial charge in [-0.25, -0.2) is 17.9 Å². The van der Waals surface area contributed by atoms with E-state index in [0.717, 1.165) is 34.4 Å². The molecule has 0 heterocycles. The summed E-state index contributed by atoms with van der Waals surface area (Å²) < 4.78 is 32.8. The molecule has 0 radical (unpaired) electrons. The first-order chi connectivity index (χ1) is 17.3. The predicted octanol–water partition coefficient (Wildman–Crippen LogP) is 4.89. The van der Waals surface area contributed by atoms with Crippen LogP contribution < -0.4 is 4.72 Å². The molecule has 4 aromatic rings. The third-order valence-corrected chi connectivity index (χ3v) is 6.84. The quantitative estimate of drug-likeness (QED) is 0.338. The zero-order valence-corrected chi connectivity index (χ0v) is 19.9. The van der Waals surface area contributed by atoms with Crippen molar-refractivity contribution in [1.29, 1.82) is 0 Å². The van der Waals surface area contributed by atoms with Crippen molar-refractivity contribution in [1.82, 2.24) is 4.72 Å². The zero-order chi connectivity index (χ0) is 25.5. The average Bonchev–Trinajstić information content (AvgIpc) is 2.90. The van der Waals surface area contributed by atoms with Crippen LogP contribution in [0.4, 0.5) is 0 Å². The minimum atomic E-state index is -4.36. The number of benzene rings is 4. The fraction of sp³-hybridized carbons (Fsp3) is 0.0714. The van der Waals surface area contributed by atoms with Crippen molar-refractivity contribution in [2.24, 2.45) is 0 Å². The molecule has 7 nitrogen and oxygen atoms in total. The van der Waals surface area contributed by atoms with E-state index in [2.05, 4.69) is 12.1 Å². The maximum atomic E-state index is 12.6. The molecule has 0 saturated heterocycles. The Morgan fingerprint density at radius 1 is 0.694 bits per heavy atom. The molecule has 0 atom stereocenters. The normalized spacial score (nSPS) is 11.1. The molecular formula is C28H23NO6S. The average molecular weight is 502 g/mol. The summed E-state index contributed by atoms with van der Waals surface area (Å²) in [5.74, 6) is -2.26. The lowest BCUT2D eigenvalue weighted by atomic mass is 10.0. The molecule has 1 amide bonds. The summed E-state index contributed by atoms with van der Waals surface area (Å²) in [7, 11) is -4.36. The SMILES string of the molecule is O=C(NS(=O)(=O)c1ccccc1C(=O)O)c1ccc(COCc2ccc(-c3ccccc3)cc2)cc1. The predicted molar refractivity (Wildman–Crippen MR) is 135 cm³/mol. The van der Waals surface area contributed by atoms with Crippen LogP contribution in [0.25, 0.3) is 11.1 Å². The zero-order valence-electron chi connectivity index (χ0n) is 19.1. The number of rotatable bonds is 9. The van der Waals surface area contributed by atoms with Crippen LogP contribution in [-0.2, 0) is 28.0 Å². The molecule has 8 heteroatoms. The number of hydrogen-bond acceptors (Lipinski definition) is 5. The second-order valence-electron chi connectivity index (χ2n) is 7.99. The van der Waals surface area contributed by atoms with Gasteiger partial charge in [-0.05, 0) is 46.5 Å². The molecule has 2 N–H and O–H groups in total. The van der Waals surface area contributed by atoms with Crippen LogP contribution in [0.15, 0.2) is 108 Å². The Hall–Kier alpha value is -4.27. The first kappa shape index (κ1) is 24.8. The fourth-order valence-electron chi connectivity index (χ4n) is 3.58. The summed E-state index contributed by atoms with van der Waals surface area (Å²) in [4.78, 5) is 23.3. The van der Waals surface area contributed by atoms with Gasteiger partial charge >= 0.3 is 5.97 Å². The number of carbonyl (C=O) groups is 2. The molecular weight excluding hydrogens is 478 g/mol. The van der Waals surface area contributed by atoms with Gasteiger partial charge < -0.3 is 9.84 Å². The molecule has 0 saturated carbocycles. The van der Waals surface area contributed by atoms with Crippen LogP contribution in [0.5, 0.6) is 0 Å². The van der Waals surface area contributed by atoms with E-state index in [4.69, 9.17) is 4.74 Å². The molecule has 0 unspecified atom stereocenters. The molecule has 4 rings (SSSR count). The van der Waals surface area contributed by atoms with E-state index >= 15 is 0 Å².